The SMILES string of the molecule is O=S(O)Cc1cccc(Cl)c1C1=NOCC1. The highest BCUT2D eigenvalue weighted by Gasteiger charge is 2.18. The van der Waals surface area contributed by atoms with Crippen LogP contribution in [0.1, 0.15) is 17.5 Å². The fraction of sp³-hybridized carbons (Fsp3) is 0.300. The molecule has 4 nitrogen and oxygen atoms in total. The minimum absolute atomic E-state index is 0.0505. The van der Waals surface area contributed by atoms with Crippen molar-refractivity contribution in [3.63, 3.8) is 0 Å². The standard InChI is InChI=1S/C10H10ClNO3S/c11-8-3-1-2-7(6-16(13)14)10(8)9-4-5-15-12-9/h1-3H,4-6H2,(H,13,14). The zero-order valence-electron chi connectivity index (χ0n) is 8.35. The monoisotopic (exact) mass is 259 g/mol. The molecule has 0 saturated heterocycles. The Morgan fingerprint density at radius 3 is 3.00 bits per heavy atom. The Hall–Kier alpha value is -0.910. The molecule has 0 radical (unpaired) electrons. The van der Waals surface area contributed by atoms with Crippen molar-refractivity contribution in [3.8, 4) is 0 Å². The number of oxime groups is 1. The fourth-order valence-electron chi connectivity index (χ4n) is 1.63. The Labute approximate surface area is 101 Å². The Bertz CT molecular complexity index is 461. The predicted molar refractivity (Wildman–Crippen MR) is 63.0 cm³/mol. The predicted octanol–water partition coefficient (Wildman–Crippen LogP) is 2.19. The molecule has 86 valence electrons. The van der Waals surface area contributed by atoms with Gasteiger partial charge in [-0.15, -0.1) is 0 Å². The van der Waals surface area contributed by atoms with E-state index >= 15 is 0 Å². The number of benzene rings is 1. The van der Waals surface area contributed by atoms with Crippen LogP contribution >= 0.6 is 11.6 Å². The smallest absolute Gasteiger partial charge is 0.157 e. The summed E-state index contributed by atoms with van der Waals surface area (Å²) in [4.78, 5) is 4.92. The van der Waals surface area contributed by atoms with E-state index in [4.69, 9.17) is 21.0 Å². The zero-order valence-corrected chi connectivity index (χ0v) is 9.92. The van der Waals surface area contributed by atoms with Crippen molar-refractivity contribution in [3.05, 3.63) is 34.3 Å². The number of hydrogen-bond donors (Lipinski definition) is 1. The highest BCUT2D eigenvalue weighted by Crippen LogP contribution is 2.25. The van der Waals surface area contributed by atoms with E-state index in [9.17, 15) is 4.21 Å². The van der Waals surface area contributed by atoms with Gasteiger partial charge in [-0.25, -0.2) is 4.21 Å². The first-order valence-electron chi connectivity index (χ1n) is 4.72. The van der Waals surface area contributed by atoms with Crippen LogP contribution in [-0.2, 0) is 21.7 Å². The average molecular weight is 260 g/mol. The average Bonchev–Trinajstić information content (AvgIpc) is 2.69. The minimum atomic E-state index is -1.89. The molecule has 0 spiro atoms. The molecule has 1 aliphatic heterocycles. The molecule has 6 heteroatoms. The van der Waals surface area contributed by atoms with Gasteiger partial charge in [0.25, 0.3) is 0 Å². The van der Waals surface area contributed by atoms with Crippen LogP contribution < -0.4 is 0 Å². The summed E-state index contributed by atoms with van der Waals surface area (Å²) < 4.78 is 19.8. The third kappa shape index (κ3) is 2.42. The molecule has 1 aromatic carbocycles. The van der Waals surface area contributed by atoms with Gasteiger partial charge in [0.05, 0.1) is 16.5 Å². The second-order valence-corrected chi connectivity index (χ2v) is 4.70. The van der Waals surface area contributed by atoms with Crippen LogP contribution in [0, 0.1) is 0 Å². The van der Waals surface area contributed by atoms with Crippen LogP contribution in [0.2, 0.25) is 5.02 Å². The molecule has 1 N–H and O–H groups in total. The van der Waals surface area contributed by atoms with Crippen molar-refractivity contribution in [1.29, 1.82) is 0 Å². The second kappa shape index (κ2) is 4.95. The van der Waals surface area contributed by atoms with E-state index in [0.717, 1.165) is 16.8 Å². The number of rotatable bonds is 3. The molecular weight excluding hydrogens is 250 g/mol. The summed E-state index contributed by atoms with van der Waals surface area (Å²) in [5, 5.41) is 4.42. The Morgan fingerprint density at radius 1 is 1.56 bits per heavy atom. The van der Waals surface area contributed by atoms with Crippen molar-refractivity contribution >= 4 is 28.4 Å². The lowest BCUT2D eigenvalue weighted by Crippen LogP contribution is -2.06. The van der Waals surface area contributed by atoms with Crippen LogP contribution in [0.25, 0.3) is 0 Å². The number of nitrogens with zero attached hydrogens (tertiary/aromatic N) is 1. The molecule has 0 amide bonds. The lowest BCUT2D eigenvalue weighted by Gasteiger charge is -2.08. The van der Waals surface area contributed by atoms with Gasteiger partial charge in [0.2, 0.25) is 0 Å². The highest BCUT2D eigenvalue weighted by atomic mass is 35.5. The fourth-order valence-corrected chi connectivity index (χ4v) is 2.44. The van der Waals surface area contributed by atoms with Gasteiger partial charge in [0.15, 0.2) is 11.1 Å². The van der Waals surface area contributed by atoms with Gasteiger partial charge >= 0.3 is 0 Å². The molecule has 1 aromatic rings. The molecule has 0 aliphatic carbocycles. The van der Waals surface area contributed by atoms with Crippen LogP contribution in [-0.4, -0.2) is 21.1 Å². The maximum Gasteiger partial charge on any atom is 0.157 e. The lowest BCUT2D eigenvalue weighted by atomic mass is 10.0. The molecular formula is C10H10ClNO3S. The molecule has 0 aromatic heterocycles. The molecule has 1 unspecified atom stereocenters. The summed E-state index contributed by atoms with van der Waals surface area (Å²) in [6.07, 6.45) is 0.675. The van der Waals surface area contributed by atoms with E-state index in [2.05, 4.69) is 5.16 Å². The van der Waals surface area contributed by atoms with Gasteiger partial charge in [-0.1, -0.05) is 28.9 Å². The highest BCUT2D eigenvalue weighted by molar-refractivity contribution is 7.78. The Kier molecular flexibility index (Phi) is 3.58. The Morgan fingerprint density at radius 2 is 2.38 bits per heavy atom. The van der Waals surface area contributed by atoms with E-state index in [1.165, 1.54) is 0 Å². The molecule has 1 aliphatic rings. The summed E-state index contributed by atoms with van der Waals surface area (Å²) in [6.45, 7) is 0.530. The Balaban J connectivity index is 2.44. The molecule has 0 saturated carbocycles. The van der Waals surface area contributed by atoms with Crippen LogP contribution in [0.4, 0.5) is 0 Å². The second-order valence-electron chi connectivity index (χ2n) is 3.36. The quantitative estimate of drug-likeness (QED) is 0.847. The van der Waals surface area contributed by atoms with E-state index in [-0.39, 0.29) is 5.75 Å². The molecule has 1 heterocycles. The van der Waals surface area contributed by atoms with Crippen molar-refractivity contribution in [2.75, 3.05) is 6.61 Å². The van der Waals surface area contributed by atoms with E-state index < -0.39 is 11.1 Å². The third-order valence-corrected chi connectivity index (χ3v) is 3.15. The van der Waals surface area contributed by atoms with Gasteiger partial charge in [-0.2, -0.15) is 0 Å². The minimum Gasteiger partial charge on any atom is -0.395 e. The largest absolute Gasteiger partial charge is 0.395 e. The van der Waals surface area contributed by atoms with Crippen molar-refractivity contribution in [2.45, 2.75) is 12.2 Å². The summed E-state index contributed by atoms with van der Waals surface area (Å²) in [5.41, 5.74) is 2.19. The van der Waals surface area contributed by atoms with Gasteiger partial charge < -0.3 is 9.39 Å². The van der Waals surface area contributed by atoms with Gasteiger partial charge in [0.1, 0.15) is 6.61 Å². The summed E-state index contributed by atoms with van der Waals surface area (Å²) in [7, 11) is 0. The van der Waals surface area contributed by atoms with Crippen LogP contribution in [0.5, 0.6) is 0 Å². The zero-order chi connectivity index (χ0) is 11.5. The first-order valence-corrected chi connectivity index (χ1v) is 6.38. The summed E-state index contributed by atoms with van der Waals surface area (Å²) >= 11 is 4.19. The van der Waals surface area contributed by atoms with E-state index in [0.29, 0.717) is 18.1 Å². The molecule has 0 bridgehead atoms. The molecule has 2 rings (SSSR count). The maximum atomic E-state index is 10.8. The third-order valence-electron chi connectivity index (χ3n) is 2.27. The van der Waals surface area contributed by atoms with Gasteiger partial charge in [-0.3, -0.25) is 0 Å². The summed E-state index contributed by atoms with van der Waals surface area (Å²) in [6, 6.07) is 5.27. The number of halogens is 1. The normalized spacial score (nSPS) is 16.8. The van der Waals surface area contributed by atoms with E-state index in [1.807, 2.05) is 0 Å². The summed E-state index contributed by atoms with van der Waals surface area (Å²) in [5.74, 6) is 0.0505. The van der Waals surface area contributed by atoms with Gasteiger partial charge in [0, 0.05) is 12.0 Å². The van der Waals surface area contributed by atoms with Crippen molar-refractivity contribution in [2.24, 2.45) is 5.16 Å². The van der Waals surface area contributed by atoms with Crippen molar-refractivity contribution in [1.82, 2.24) is 0 Å². The number of hydrogen-bond acceptors (Lipinski definition) is 3. The van der Waals surface area contributed by atoms with Gasteiger partial charge in [-0.05, 0) is 11.6 Å². The molecule has 0 fully saturated rings. The van der Waals surface area contributed by atoms with Crippen molar-refractivity contribution < 1.29 is 13.6 Å². The van der Waals surface area contributed by atoms with E-state index in [1.54, 1.807) is 18.2 Å². The molecule has 1 atom stereocenters. The maximum absolute atomic E-state index is 10.8. The molecule has 16 heavy (non-hydrogen) atoms. The first-order chi connectivity index (χ1) is 7.68. The first kappa shape index (κ1) is 11.6. The van der Waals surface area contributed by atoms with Crippen LogP contribution in [0.3, 0.4) is 0 Å². The topological polar surface area (TPSA) is 58.9 Å². The lowest BCUT2D eigenvalue weighted by molar-refractivity contribution is 0.174. The van der Waals surface area contributed by atoms with Crippen LogP contribution in [0.15, 0.2) is 23.4 Å².